The molecule has 0 saturated heterocycles. The number of rotatable bonds is 6. The van der Waals surface area contributed by atoms with Crippen molar-refractivity contribution in [3.63, 3.8) is 0 Å². The molecule has 0 radical (unpaired) electrons. The highest BCUT2D eigenvalue weighted by atomic mass is 127. The Kier molecular flexibility index (Phi) is 7.39. The average Bonchev–Trinajstić information content (AvgIpc) is 3.21. The fourth-order valence-corrected chi connectivity index (χ4v) is 4.37. The Morgan fingerprint density at radius 3 is 2.53 bits per heavy atom. The summed E-state index contributed by atoms with van der Waals surface area (Å²) in [5.74, 6) is -2.00. The molecule has 8 nitrogen and oxygen atoms in total. The molecule has 0 fully saturated rings. The minimum atomic E-state index is -2.21. The van der Waals surface area contributed by atoms with Gasteiger partial charge in [0.1, 0.15) is 23.8 Å². The molecule has 34 heavy (non-hydrogen) atoms. The number of carbonyl (C=O) groups is 2. The number of nitrogens with one attached hydrogen (secondary N) is 2. The lowest BCUT2D eigenvalue weighted by atomic mass is 10.1. The Bertz CT molecular complexity index is 1330. The topological polar surface area (TPSA) is 103 Å². The third-order valence-electron chi connectivity index (χ3n) is 6.03. The largest absolute Gasteiger partial charge is 0.463 e. The van der Waals surface area contributed by atoms with Crippen LogP contribution in [0.25, 0.3) is 11.0 Å². The van der Waals surface area contributed by atoms with E-state index in [1.54, 1.807) is 6.07 Å². The number of fused-ring (bicyclic) bond motifs is 1. The van der Waals surface area contributed by atoms with E-state index in [1.807, 2.05) is 56.5 Å². The molecule has 0 aliphatic carbocycles. The number of imide groups is 1. The maximum atomic E-state index is 14.5. The number of anilines is 2. The molecule has 11 heteroatoms. The predicted molar refractivity (Wildman–Crippen MR) is 139 cm³/mol. The van der Waals surface area contributed by atoms with Crippen molar-refractivity contribution >= 4 is 65.2 Å². The van der Waals surface area contributed by atoms with Crippen LogP contribution in [0, 0.1) is 9.39 Å². The van der Waals surface area contributed by atoms with Crippen molar-refractivity contribution in [2.75, 3.05) is 11.9 Å². The highest BCUT2D eigenvalue weighted by Gasteiger charge is 2.37. The molecule has 0 saturated carbocycles. The van der Waals surface area contributed by atoms with E-state index >= 15 is 0 Å². The number of hydrogen-bond acceptors (Lipinski definition) is 6. The van der Waals surface area contributed by atoms with Crippen molar-refractivity contribution in [1.82, 2.24) is 9.88 Å². The summed E-state index contributed by atoms with van der Waals surface area (Å²) in [6.07, 6.45) is 1.28. The summed E-state index contributed by atoms with van der Waals surface area (Å²) in [5.41, 5.74) is -0.489. The molecule has 0 aliphatic heterocycles. The van der Waals surface area contributed by atoms with Crippen LogP contribution in [0.4, 0.5) is 15.9 Å². The third-order valence-corrected chi connectivity index (χ3v) is 11.2. The number of aromatic nitrogens is 1. The molecule has 0 atom stereocenters. The van der Waals surface area contributed by atoms with Gasteiger partial charge in [-0.05, 0) is 65.0 Å². The van der Waals surface area contributed by atoms with Gasteiger partial charge in [-0.1, -0.05) is 20.8 Å². The van der Waals surface area contributed by atoms with E-state index in [0.717, 1.165) is 0 Å². The van der Waals surface area contributed by atoms with E-state index < -0.39 is 31.5 Å². The van der Waals surface area contributed by atoms with Gasteiger partial charge < -0.3 is 14.2 Å². The minimum absolute atomic E-state index is 0.00728. The normalized spacial score (nSPS) is 12.1. The first-order valence-electron chi connectivity index (χ1n) is 10.5. The summed E-state index contributed by atoms with van der Waals surface area (Å²) >= 11 is 1.98. The van der Waals surface area contributed by atoms with Crippen molar-refractivity contribution in [3.8, 4) is 0 Å². The van der Waals surface area contributed by atoms with Gasteiger partial charge >= 0.3 is 0 Å². The minimum Gasteiger partial charge on any atom is -0.463 e. The van der Waals surface area contributed by atoms with E-state index in [-0.39, 0.29) is 39.7 Å². The number of halogens is 2. The number of hydrogen-bond donors (Lipinski definition) is 2. The molecular formula is C23H27FIN3O5Si. The van der Waals surface area contributed by atoms with Crippen molar-refractivity contribution in [2.45, 2.75) is 38.9 Å². The quantitative estimate of drug-likeness (QED) is 0.309. The number of carbonyl (C=O) groups excluding carboxylic acids is 2. The molecule has 2 aromatic heterocycles. The van der Waals surface area contributed by atoms with Gasteiger partial charge in [-0.15, -0.1) is 0 Å². The Balaban J connectivity index is 1.97. The molecule has 1 aromatic carbocycles. The Hall–Kier alpha value is -2.51. The molecule has 182 valence electrons. The lowest BCUT2D eigenvalue weighted by Gasteiger charge is -2.35. The number of furan rings is 1. The molecule has 0 aliphatic rings. The summed E-state index contributed by atoms with van der Waals surface area (Å²) in [7, 11) is -0.766. The average molecular weight is 599 g/mol. The van der Waals surface area contributed by atoms with Gasteiger partial charge in [0, 0.05) is 10.6 Å². The summed E-state index contributed by atoms with van der Waals surface area (Å²) in [6, 6.07) is 5.92. The number of pyridine rings is 1. The second-order valence-corrected chi connectivity index (χ2v) is 15.5. The van der Waals surface area contributed by atoms with Gasteiger partial charge in [0.05, 0.1) is 17.3 Å². The van der Waals surface area contributed by atoms with E-state index in [4.69, 9.17) is 8.84 Å². The first kappa shape index (κ1) is 26.1. The van der Waals surface area contributed by atoms with Crippen molar-refractivity contribution < 1.29 is 22.8 Å². The maximum Gasteiger partial charge on any atom is 0.265 e. The van der Waals surface area contributed by atoms with Crippen LogP contribution < -0.4 is 16.2 Å². The van der Waals surface area contributed by atoms with Gasteiger partial charge in [-0.25, -0.2) is 4.39 Å². The van der Waals surface area contributed by atoms with Crippen LogP contribution >= 0.6 is 22.6 Å². The van der Waals surface area contributed by atoms with Crippen LogP contribution in [-0.4, -0.2) is 31.3 Å². The number of amides is 2. The lowest BCUT2D eigenvalue weighted by Crippen LogP contribution is -2.44. The van der Waals surface area contributed by atoms with Gasteiger partial charge in [0.2, 0.25) is 0 Å². The second-order valence-electron chi connectivity index (χ2n) is 9.43. The highest BCUT2D eigenvalue weighted by molar-refractivity contribution is 14.1. The maximum absolute atomic E-state index is 14.5. The molecule has 2 heterocycles. The Morgan fingerprint density at radius 2 is 1.91 bits per heavy atom. The van der Waals surface area contributed by atoms with Crippen LogP contribution in [0.3, 0.4) is 0 Å². The monoisotopic (exact) mass is 599 g/mol. The van der Waals surface area contributed by atoms with Gasteiger partial charge in [0.25, 0.3) is 17.4 Å². The molecule has 2 N–H and O–H groups in total. The Morgan fingerprint density at radius 1 is 1.24 bits per heavy atom. The van der Waals surface area contributed by atoms with Crippen LogP contribution in [0.1, 0.15) is 31.1 Å². The first-order valence-corrected chi connectivity index (χ1v) is 14.5. The molecule has 0 bridgehead atoms. The Labute approximate surface area is 211 Å². The van der Waals surface area contributed by atoms with Gasteiger partial charge in [-0.2, -0.15) is 0 Å². The smallest absolute Gasteiger partial charge is 0.265 e. The SMILES string of the molecule is Cn1c(Nc2ccc(I)cc2F)c(C(=O)NC(=O)CO[Si](C)(C)C(C)(C)C)c2occc2c1=O. The molecule has 2 amide bonds. The second kappa shape index (κ2) is 9.62. The van der Waals surface area contributed by atoms with Crippen molar-refractivity contribution in [3.05, 3.63) is 55.8 Å². The zero-order valence-corrected chi connectivity index (χ0v) is 23.0. The zero-order chi connectivity index (χ0) is 25.4. The summed E-state index contributed by atoms with van der Waals surface area (Å²) < 4.78 is 27.7. The summed E-state index contributed by atoms with van der Waals surface area (Å²) in [6.45, 7) is 9.84. The molecule has 3 rings (SSSR count). The molecule has 0 unspecified atom stereocenters. The van der Waals surface area contributed by atoms with Crippen molar-refractivity contribution in [1.29, 1.82) is 0 Å². The molecule has 3 aromatic rings. The predicted octanol–water partition coefficient (Wildman–Crippen LogP) is 4.90. The lowest BCUT2D eigenvalue weighted by molar-refractivity contribution is -0.122. The standard InChI is InChI=1S/C23H27FIN3O5Si/c1-23(2,3)34(5,6)33-12-17(29)27-21(30)18-19-14(9-10-32-19)22(31)28(4)20(18)26-16-8-7-13(25)11-15(16)24/h7-11,26H,12H2,1-6H3,(H,27,29,30). The summed E-state index contributed by atoms with van der Waals surface area (Å²) in [4.78, 5) is 38.6. The van der Waals surface area contributed by atoms with Crippen LogP contribution in [0.2, 0.25) is 18.1 Å². The van der Waals surface area contributed by atoms with E-state index in [0.29, 0.717) is 3.57 Å². The van der Waals surface area contributed by atoms with Crippen LogP contribution in [0.15, 0.2) is 39.7 Å². The van der Waals surface area contributed by atoms with E-state index in [9.17, 15) is 18.8 Å². The van der Waals surface area contributed by atoms with Crippen LogP contribution in [-0.2, 0) is 16.3 Å². The van der Waals surface area contributed by atoms with Crippen molar-refractivity contribution in [2.24, 2.45) is 7.05 Å². The zero-order valence-electron chi connectivity index (χ0n) is 19.8. The summed E-state index contributed by atoms with van der Waals surface area (Å²) in [5, 5.41) is 5.18. The van der Waals surface area contributed by atoms with E-state index in [2.05, 4.69) is 10.6 Å². The van der Waals surface area contributed by atoms with E-state index in [1.165, 1.54) is 36.1 Å². The molecule has 0 spiro atoms. The highest BCUT2D eigenvalue weighted by Crippen LogP contribution is 2.36. The fraction of sp³-hybridized carbons (Fsp3) is 0.348. The fourth-order valence-electron chi connectivity index (χ4n) is 2.99. The first-order chi connectivity index (χ1) is 15.7. The van der Waals surface area contributed by atoms with Crippen LogP contribution in [0.5, 0.6) is 0 Å². The third kappa shape index (κ3) is 5.25. The van der Waals surface area contributed by atoms with Gasteiger partial charge in [0.15, 0.2) is 13.9 Å². The molecular weight excluding hydrogens is 572 g/mol. The number of nitrogens with zero attached hydrogens (tertiary/aromatic N) is 1. The van der Waals surface area contributed by atoms with Gasteiger partial charge in [-0.3, -0.25) is 24.3 Å². The number of benzene rings is 1.